The molecule has 0 saturated carbocycles. The van der Waals surface area contributed by atoms with Crippen LogP contribution < -0.4 is 4.90 Å². The first kappa shape index (κ1) is 17.1. The van der Waals surface area contributed by atoms with Gasteiger partial charge in [0.2, 0.25) is 0 Å². The Morgan fingerprint density at radius 2 is 1.65 bits per heavy atom. The van der Waals surface area contributed by atoms with E-state index in [4.69, 9.17) is 0 Å². The van der Waals surface area contributed by atoms with E-state index >= 15 is 0 Å². The van der Waals surface area contributed by atoms with Crippen molar-refractivity contribution in [3.05, 3.63) is 41.2 Å². The van der Waals surface area contributed by atoms with Crippen molar-refractivity contribution in [2.75, 3.05) is 18.1 Å². The van der Waals surface area contributed by atoms with Crippen molar-refractivity contribution in [1.82, 2.24) is 4.90 Å². The summed E-state index contributed by atoms with van der Waals surface area (Å²) in [6.45, 7) is 13.3. The van der Waals surface area contributed by atoms with Gasteiger partial charge >= 0.3 is 0 Å². The number of aryl methyl sites for hydroxylation is 3. The Balaban J connectivity index is 0.00000200. The predicted molar refractivity (Wildman–Crippen MR) is 93.6 cm³/mol. The minimum atomic E-state index is 0. The number of hydrogen-bond acceptors (Lipinski definition) is 2. The largest absolute Gasteiger partial charge is 0.358 e. The Labute approximate surface area is 134 Å². The zero-order chi connectivity index (χ0) is 14.0. The van der Waals surface area contributed by atoms with Crippen molar-refractivity contribution in [2.45, 2.75) is 41.0 Å². The molecule has 1 aromatic rings. The molecule has 1 aromatic carbocycles. The molecule has 0 amide bonds. The quantitative estimate of drug-likeness (QED) is 0.778. The Morgan fingerprint density at radius 3 is 2.20 bits per heavy atom. The van der Waals surface area contributed by atoms with Gasteiger partial charge in [-0.1, -0.05) is 31.5 Å². The van der Waals surface area contributed by atoms with Gasteiger partial charge in [-0.15, -0.1) is 17.0 Å². The van der Waals surface area contributed by atoms with E-state index in [2.05, 4.69) is 69.0 Å². The summed E-state index contributed by atoms with van der Waals surface area (Å²) >= 11 is 0. The SMILES string of the molecule is Br.Cc1cc(C)c(N2C=CN(CCC(C)C)C2)c(C)c1. The van der Waals surface area contributed by atoms with E-state index in [1.165, 1.54) is 28.8 Å². The number of benzene rings is 1. The highest BCUT2D eigenvalue weighted by Gasteiger charge is 2.17. The summed E-state index contributed by atoms with van der Waals surface area (Å²) in [5, 5.41) is 0. The number of halogens is 1. The molecule has 1 heterocycles. The summed E-state index contributed by atoms with van der Waals surface area (Å²) in [7, 11) is 0. The average molecular weight is 339 g/mol. The van der Waals surface area contributed by atoms with Crippen molar-refractivity contribution >= 4 is 22.7 Å². The van der Waals surface area contributed by atoms with Gasteiger partial charge in [0.25, 0.3) is 0 Å². The normalized spacial score (nSPS) is 14.1. The van der Waals surface area contributed by atoms with Gasteiger partial charge in [0.15, 0.2) is 0 Å². The lowest BCUT2D eigenvalue weighted by molar-refractivity contribution is 0.369. The van der Waals surface area contributed by atoms with Gasteiger partial charge in [0.1, 0.15) is 0 Å². The second-order valence-corrected chi connectivity index (χ2v) is 6.15. The van der Waals surface area contributed by atoms with E-state index in [-0.39, 0.29) is 17.0 Å². The Kier molecular flexibility index (Phi) is 6.12. The van der Waals surface area contributed by atoms with E-state index in [0.717, 1.165) is 19.1 Å². The molecule has 0 atom stereocenters. The third-order valence-corrected chi connectivity index (χ3v) is 3.71. The molecule has 2 rings (SSSR count). The lowest BCUT2D eigenvalue weighted by Crippen LogP contribution is -2.27. The first-order chi connectivity index (χ1) is 8.97. The minimum Gasteiger partial charge on any atom is -0.358 e. The van der Waals surface area contributed by atoms with E-state index < -0.39 is 0 Å². The van der Waals surface area contributed by atoms with Crippen LogP contribution in [0.25, 0.3) is 0 Å². The van der Waals surface area contributed by atoms with Gasteiger partial charge < -0.3 is 9.80 Å². The van der Waals surface area contributed by atoms with Crippen LogP contribution in [0, 0.1) is 26.7 Å². The van der Waals surface area contributed by atoms with E-state index in [0.29, 0.717) is 0 Å². The summed E-state index contributed by atoms with van der Waals surface area (Å²) in [5.41, 5.74) is 5.45. The molecule has 2 nitrogen and oxygen atoms in total. The van der Waals surface area contributed by atoms with Gasteiger partial charge in [-0.05, 0) is 44.2 Å². The Bertz CT molecular complexity index is 457. The summed E-state index contributed by atoms with van der Waals surface area (Å²) < 4.78 is 0. The summed E-state index contributed by atoms with van der Waals surface area (Å²) in [6.07, 6.45) is 5.69. The smallest absolute Gasteiger partial charge is 0.0942 e. The number of hydrogen-bond donors (Lipinski definition) is 0. The molecule has 0 aromatic heterocycles. The molecule has 0 aliphatic carbocycles. The molecule has 0 unspecified atom stereocenters. The van der Waals surface area contributed by atoms with Crippen molar-refractivity contribution in [3.8, 4) is 0 Å². The maximum absolute atomic E-state index is 2.40. The van der Waals surface area contributed by atoms with E-state index in [1.54, 1.807) is 0 Å². The number of anilines is 1. The molecule has 0 saturated heterocycles. The monoisotopic (exact) mass is 338 g/mol. The van der Waals surface area contributed by atoms with Crippen LogP contribution in [0.2, 0.25) is 0 Å². The maximum Gasteiger partial charge on any atom is 0.0942 e. The van der Waals surface area contributed by atoms with Crippen LogP contribution in [0.1, 0.15) is 37.0 Å². The highest BCUT2D eigenvalue weighted by atomic mass is 79.9. The molecular weight excluding hydrogens is 312 g/mol. The first-order valence-corrected chi connectivity index (χ1v) is 7.24. The number of nitrogens with zero attached hydrogens (tertiary/aromatic N) is 2. The molecule has 0 fully saturated rings. The van der Waals surface area contributed by atoms with Crippen LogP contribution in [-0.4, -0.2) is 18.1 Å². The lowest BCUT2D eigenvalue weighted by Gasteiger charge is -2.25. The van der Waals surface area contributed by atoms with E-state index in [9.17, 15) is 0 Å². The first-order valence-electron chi connectivity index (χ1n) is 7.24. The third-order valence-electron chi connectivity index (χ3n) is 3.71. The third kappa shape index (κ3) is 4.02. The second-order valence-electron chi connectivity index (χ2n) is 6.15. The highest BCUT2D eigenvalue weighted by Crippen LogP contribution is 2.28. The summed E-state index contributed by atoms with van der Waals surface area (Å²) in [4.78, 5) is 4.77. The second kappa shape index (κ2) is 7.16. The van der Waals surface area contributed by atoms with Crippen LogP contribution in [0.5, 0.6) is 0 Å². The Hall–Kier alpha value is -0.960. The van der Waals surface area contributed by atoms with Gasteiger partial charge in [-0.25, -0.2) is 0 Å². The van der Waals surface area contributed by atoms with Gasteiger partial charge in [0.05, 0.1) is 6.67 Å². The van der Waals surface area contributed by atoms with Crippen molar-refractivity contribution in [3.63, 3.8) is 0 Å². The molecule has 0 N–H and O–H groups in total. The standard InChI is InChI=1S/C17H26N2.BrH/c1-13(2)6-7-18-8-9-19(12-18)17-15(4)10-14(3)11-16(17)5;/h8-11,13H,6-7,12H2,1-5H3;1H. The summed E-state index contributed by atoms with van der Waals surface area (Å²) in [6, 6.07) is 4.54. The zero-order valence-corrected chi connectivity index (χ0v) is 15.0. The molecule has 1 aliphatic heterocycles. The summed E-state index contributed by atoms with van der Waals surface area (Å²) in [5.74, 6) is 0.769. The lowest BCUT2D eigenvalue weighted by atomic mass is 10.0. The molecule has 112 valence electrons. The fraction of sp³-hybridized carbons (Fsp3) is 0.529. The Morgan fingerprint density at radius 1 is 1.05 bits per heavy atom. The van der Waals surface area contributed by atoms with Crippen molar-refractivity contribution in [1.29, 1.82) is 0 Å². The van der Waals surface area contributed by atoms with Crippen LogP contribution in [0.4, 0.5) is 5.69 Å². The average Bonchev–Trinajstić information content (AvgIpc) is 2.73. The molecule has 0 spiro atoms. The van der Waals surface area contributed by atoms with Crippen LogP contribution in [0.15, 0.2) is 24.5 Å². The zero-order valence-electron chi connectivity index (χ0n) is 13.3. The fourth-order valence-corrected chi connectivity index (χ4v) is 2.80. The van der Waals surface area contributed by atoms with Crippen LogP contribution in [-0.2, 0) is 0 Å². The van der Waals surface area contributed by atoms with Gasteiger partial charge in [0, 0.05) is 24.6 Å². The maximum atomic E-state index is 2.40. The fourth-order valence-electron chi connectivity index (χ4n) is 2.80. The van der Waals surface area contributed by atoms with Crippen molar-refractivity contribution < 1.29 is 0 Å². The number of rotatable bonds is 4. The van der Waals surface area contributed by atoms with E-state index in [1.807, 2.05) is 0 Å². The topological polar surface area (TPSA) is 6.48 Å². The van der Waals surface area contributed by atoms with Crippen molar-refractivity contribution in [2.24, 2.45) is 5.92 Å². The molecule has 1 aliphatic rings. The van der Waals surface area contributed by atoms with Crippen LogP contribution in [0.3, 0.4) is 0 Å². The molecular formula is C17H27BrN2. The molecule has 20 heavy (non-hydrogen) atoms. The molecule has 0 radical (unpaired) electrons. The predicted octanol–water partition coefficient (Wildman–Crippen LogP) is 4.79. The van der Waals surface area contributed by atoms with Crippen LogP contribution >= 0.6 is 17.0 Å². The van der Waals surface area contributed by atoms with Gasteiger partial charge in [-0.3, -0.25) is 0 Å². The molecule has 0 bridgehead atoms. The molecule has 3 heteroatoms. The van der Waals surface area contributed by atoms with Gasteiger partial charge in [-0.2, -0.15) is 0 Å². The minimum absolute atomic E-state index is 0. The highest BCUT2D eigenvalue weighted by molar-refractivity contribution is 8.93.